The smallest absolute Gasteiger partial charge is 0.222 e. The van der Waals surface area contributed by atoms with Crippen molar-refractivity contribution in [2.24, 2.45) is 0 Å². The van der Waals surface area contributed by atoms with Crippen LogP contribution in [0, 0.1) is 0 Å². The van der Waals surface area contributed by atoms with Crippen molar-refractivity contribution in [3.63, 3.8) is 0 Å². The van der Waals surface area contributed by atoms with Gasteiger partial charge in [0.15, 0.2) is 0 Å². The fraction of sp³-hybridized carbons (Fsp3) is 0.562. The van der Waals surface area contributed by atoms with E-state index >= 15 is 0 Å². The van der Waals surface area contributed by atoms with Crippen LogP contribution in [0.4, 0.5) is 0 Å². The second-order valence-corrected chi connectivity index (χ2v) is 6.25. The van der Waals surface area contributed by atoms with Gasteiger partial charge in [-0.3, -0.25) is 4.79 Å². The van der Waals surface area contributed by atoms with Gasteiger partial charge in [-0.25, -0.2) is 0 Å². The number of carbonyl (C=O) groups is 1. The van der Waals surface area contributed by atoms with E-state index in [0.717, 1.165) is 6.42 Å². The summed E-state index contributed by atoms with van der Waals surface area (Å²) < 4.78 is 6.10. The molecule has 2 rings (SSSR count). The molecule has 3 nitrogen and oxygen atoms in total. The molecule has 1 aromatic rings. The van der Waals surface area contributed by atoms with Crippen LogP contribution in [0.2, 0.25) is 0 Å². The predicted molar refractivity (Wildman–Crippen MR) is 75.7 cm³/mol. The number of benzene rings is 1. The summed E-state index contributed by atoms with van der Waals surface area (Å²) in [6.45, 7) is 9.66. The Hall–Kier alpha value is -1.35. The van der Waals surface area contributed by atoms with Gasteiger partial charge >= 0.3 is 0 Å². The lowest BCUT2D eigenvalue weighted by molar-refractivity contribution is -0.147. The van der Waals surface area contributed by atoms with Crippen LogP contribution in [0.3, 0.4) is 0 Å². The van der Waals surface area contributed by atoms with E-state index in [0.29, 0.717) is 0 Å². The zero-order chi connectivity index (χ0) is 14.3. The summed E-state index contributed by atoms with van der Waals surface area (Å²) >= 11 is 0. The van der Waals surface area contributed by atoms with Crippen LogP contribution in [-0.4, -0.2) is 28.2 Å². The average Bonchev–Trinajstić information content (AvgIpc) is 2.45. The number of ether oxygens (including phenoxy) is 1. The molecule has 0 radical (unpaired) electrons. The Morgan fingerprint density at radius 1 is 1.21 bits per heavy atom. The fourth-order valence-electron chi connectivity index (χ4n) is 3.22. The molecule has 1 heterocycles. The first-order valence-corrected chi connectivity index (χ1v) is 6.78. The van der Waals surface area contributed by atoms with Crippen LogP contribution in [0.1, 0.15) is 40.2 Å². The molecular weight excluding hydrogens is 238 g/mol. The van der Waals surface area contributed by atoms with Gasteiger partial charge < -0.3 is 9.64 Å². The maximum Gasteiger partial charge on any atom is 0.222 e. The van der Waals surface area contributed by atoms with Crippen LogP contribution in [0.15, 0.2) is 30.3 Å². The minimum atomic E-state index is -0.547. The summed E-state index contributed by atoms with van der Waals surface area (Å²) in [6.07, 6.45) is 0.816. The Kier molecular flexibility index (Phi) is 3.43. The van der Waals surface area contributed by atoms with E-state index in [2.05, 4.69) is 26.0 Å². The quantitative estimate of drug-likeness (QED) is 0.819. The summed E-state index contributed by atoms with van der Waals surface area (Å²) in [7, 11) is 0. The van der Waals surface area contributed by atoms with Crippen molar-refractivity contribution < 1.29 is 9.53 Å². The summed E-state index contributed by atoms with van der Waals surface area (Å²) in [5.41, 5.74) is 0.341. The van der Waals surface area contributed by atoms with Crippen molar-refractivity contribution in [2.45, 2.75) is 58.4 Å². The molecule has 104 valence electrons. The highest BCUT2D eigenvalue weighted by Gasteiger charge is 2.52. The zero-order valence-corrected chi connectivity index (χ0v) is 12.4. The first kappa shape index (κ1) is 14.1. The van der Waals surface area contributed by atoms with Gasteiger partial charge in [0.1, 0.15) is 5.72 Å². The summed E-state index contributed by atoms with van der Waals surface area (Å²) in [5.74, 6) is 0.0662. The second-order valence-electron chi connectivity index (χ2n) is 6.25. The molecule has 0 spiro atoms. The SMILES string of the molecule is CC(=O)N1[C@@H](Cc2ccccc2)C(C)(C)OC1(C)C. The molecule has 0 bridgehead atoms. The van der Waals surface area contributed by atoms with Crippen LogP contribution in [0.5, 0.6) is 0 Å². The fourth-order valence-corrected chi connectivity index (χ4v) is 3.22. The normalized spacial score (nSPS) is 24.5. The molecule has 1 aromatic carbocycles. The van der Waals surface area contributed by atoms with Gasteiger partial charge in [0, 0.05) is 6.92 Å². The van der Waals surface area contributed by atoms with Crippen molar-refractivity contribution in [1.29, 1.82) is 0 Å². The van der Waals surface area contributed by atoms with Gasteiger partial charge in [0.25, 0.3) is 0 Å². The molecule has 1 saturated heterocycles. The number of hydrogen-bond acceptors (Lipinski definition) is 2. The number of hydrogen-bond donors (Lipinski definition) is 0. The summed E-state index contributed by atoms with van der Waals surface area (Å²) in [5, 5.41) is 0. The molecule has 19 heavy (non-hydrogen) atoms. The van der Waals surface area contributed by atoms with Gasteiger partial charge in [-0.1, -0.05) is 30.3 Å². The third-order valence-electron chi connectivity index (χ3n) is 3.82. The molecule has 0 N–H and O–H groups in total. The predicted octanol–water partition coefficient (Wildman–Crippen LogP) is 2.99. The molecule has 1 aliphatic heterocycles. The highest BCUT2D eigenvalue weighted by atomic mass is 16.6. The molecule has 0 aromatic heterocycles. The van der Waals surface area contributed by atoms with Crippen LogP contribution < -0.4 is 0 Å². The van der Waals surface area contributed by atoms with Crippen molar-refractivity contribution in [1.82, 2.24) is 4.90 Å². The summed E-state index contributed by atoms with van der Waals surface area (Å²) in [4.78, 5) is 13.9. The van der Waals surface area contributed by atoms with Crippen LogP contribution in [-0.2, 0) is 16.0 Å². The Morgan fingerprint density at radius 3 is 2.32 bits per heavy atom. The lowest BCUT2D eigenvalue weighted by Crippen LogP contribution is -2.49. The van der Waals surface area contributed by atoms with Crippen LogP contribution >= 0.6 is 0 Å². The van der Waals surface area contributed by atoms with Gasteiger partial charge in [-0.15, -0.1) is 0 Å². The molecule has 1 aliphatic rings. The monoisotopic (exact) mass is 261 g/mol. The standard InChI is InChI=1S/C16H23NO2/c1-12(18)17-14(11-13-9-7-6-8-10-13)15(2,3)19-16(17,4)5/h6-10,14H,11H2,1-5H3/t14-/m0/s1. The van der Waals surface area contributed by atoms with E-state index in [-0.39, 0.29) is 17.6 Å². The molecule has 0 saturated carbocycles. The van der Waals surface area contributed by atoms with Crippen molar-refractivity contribution in [3.8, 4) is 0 Å². The molecule has 1 atom stereocenters. The van der Waals surface area contributed by atoms with Crippen molar-refractivity contribution >= 4 is 5.91 Å². The average molecular weight is 261 g/mol. The van der Waals surface area contributed by atoms with E-state index in [1.807, 2.05) is 36.9 Å². The van der Waals surface area contributed by atoms with E-state index in [4.69, 9.17) is 4.74 Å². The lowest BCUT2D eigenvalue weighted by atomic mass is 9.92. The second kappa shape index (κ2) is 4.64. The third kappa shape index (κ3) is 2.66. The maximum absolute atomic E-state index is 12.0. The van der Waals surface area contributed by atoms with Gasteiger partial charge in [-0.05, 0) is 39.7 Å². The number of nitrogens with zero attached hydrogens (tertiary/aromatic N) is 1. The summed E-state index contributed by atoms with van der Waals surface area (Å²) in [6, 6.07) is 10.3. The van der Waals surface area contributed by atoms with E-state index < -0.39 is 5.72 Å². The lowest BCUT2D eigenvalue weighted by Gasteiger charge is -2.33. The van der Waals surface area contributed by atoms with Gasteiger partial charge in [0.05, 0.1) is 11.6 Å². The largest absolute Gasteiger partial charge is 0.348 e. The third-order valence-corrected chi connectivity index (χ3v) is 3.82. The van der Waals surface area contributed by atoms with Crippen molar-refractivity contribution in [3.05, 3.63) is 35.9 Å². The highest BCUT2D eigenvalue weighted by molar-refractivity contribution is 5.75. The number of rotatable bonds is 2. The van der Waals surface area contributed by atoms with E-state index in [9.17, 15) is 4.79 Å². The zero-order valence-electron chi connectivity index (χ0n) is 12.4. The topological polar surface area (TPSA) is 29.5 Å². The Bertz CT molecular complexity index is 465. The molecule has 1 fully saturated rings. The van der Waals surface area contributed by atoms with Gasteiger partial charge in [-0.2, -0.15) is 0 Å². The molecule has 0 aliphatic carbocycles. The molecule has 0 unspecified atom stereocenters. The maximum atomic E-state index is 12.0. The first-order valence-electron chi connectivity index (χ1n) is 6.78. The Balaban J connectivity index is 2.32. The Morgan fingerprint density at radius 2 is 1.79 bits per heavy atom. The highest BCUT2D eigenvalue weighted by Crippen LogP contribution is 2.40. The minimum Gasteiger partial charge on any atom is -0.348 e. The van der Waals surface area contributed by atoms with Crippen molar-refractivity contribution in [2.75, 3.05) is 0 Å². The first-order chi connectivity index (χ1) is 8.74. The van der Waals surface area contributed by atoms with E-state index in [1.54, 1.807) is 6.92 Å². The van der Waals surface area contributed by atoms with Crippen LogP contribution in [0.25, 0.3) is 0 Å². The molecule has 1 amide bonds. The van der Waals surface area contributed by atoms with E-state index in [1.165, 1.54) is 5.56 Å². The number of carbonyl (C=O) groups excluding carboxylic acids is 1. The van der Waals surface area contributed by atoms with Gasteiger partial charge in [0.2, 0.25) is 5.91 Å². The molecule has 3 heteroatoms. The molecular formula is C16H23NO2. The Labute approximate surface area is 115 Å². The minimum absolute atomic E-state index is 0.0578. The number of amides is 1.